The van der Waals surface area contributed by atoms with Crippen LogP contribution in [-0.2, 0) is 16.0 Å². The first-order valence-corrected chi connectivity index (χ1v) is 11.2. The highest BCUT2D eigenvalue weighted by Gasteiger charge is 2.29. The number of likely N-dealkylation sites (tertiary alicyclic amines) is 1. The van der Waals surface area contributed by atoms with Crippen LogP contribution in [0.4, 0.5) is 4.79 Å². The summed E-state index contributed by atoms with van der Waals surface area (Å²) in [5.74, 6) is -1.26. The number of ether oxygens (including phenoxy) is 1. The van der Waals surface area contributed by atoms with Gasteiger partial charge in [-0.1, -0.05) is 56.7 Å². The fourth-order valence-corrected chi connectivity index (χ4v) is 3.70. The first-order chi connectivity index (χ1) is 15.5. The highest BCUT2D eigenvalue weighted by atomic mass is 16.5. The number of hydrogen-bond acceptors (Lipinski definition) is 5. The van der Waals surface area contributed by atoms with Gasteiger partial charge in [0.05, 0.1) is 19.1 Å². The molecule has 1 aromatic rings. The quantitative estimate of drug-likeness (QED) is 0.333. The third kappa shape index (κ3) is 8.91. The minimum absolute atomic E-state index is 0.0512. The van der Waals surface area contributed by atoms with Crippen LogP contribution >= 0.6 is 0 Å². The topological polar surface area (TPSA) is 103 Å². The molecular weight excluding hydrogens is 421 g/mol. The number of carbonyl (C=O) groups excluding carboxylic acids is 2. The van der Waals surface area contributed by atoms with Crippen molar-refractivity contribution < 1.29 is 24.4 Å². The first-order valence-electron chi connectivity index (χ1n) is 11.2. The Balaban J connectivity index is 1.89. The molecule has 0 radical (unpaired) electrons. The molecule has 0 aromatic heterocycles. The van der Waals surface area contributed by atoms with Crippen LogP contribution in [0.15, 0.2) is 36.0 Å². The van der Waals surface area contributed by atoms with E-state index in [2.05, 4.69) is 10.2 Å². The zero-order valence-corrected chi connectivity index (χ0v) is 19.9. The number of benzene rings is 1. The Hall–Kier alpha value is -2.83. The van der Waals surface area contributed by atoms with E-state index < -0.39 is 19.2 Å². The Morgan fingerprint density at radius 3 is 2.58 bits per heavy atom. The number of rotatable bonds is 7. The molecule has 0 spiro atoms. The molecule has 3 N–H and O–H groups in total. The Labute approximate surface area is 196 Å². The summed E-state index contributed by atoms with van der Waals surface area (Å²) in [6.45, 7) is 16.2. The second-order valence-electron chi connectivity index (χ2n) is 9.72. The van der Waals surface area contributed by atoms with Crippen molar-refractivity contribution in [3.63, 3.8) is 0 Å². The lowest BCUT2D eigenvalue weighted by Gasteiger charge is -2.33. The summed E-state index contributed by atoms with van der Waals surface area (Å²) in [6.07, 6.45) is 2.75. The lowest BCUT2D eigenvalue weighted by Crippen LogP contribution is -2.48. The van der Waals surface area contributed by atoms with E-state index in [9.17, 15) is 19.6 Å². The van der Waals surface area contributed by atoms with Gasteiger partial charge >= 0.3 is 13.2 Å². The third-order valence-corrected chi connectivity index (χ3v) is 5.40. The largest absolute Gasteiger partial charge is 0.475 e. The Bertz CT molecular complexity index is 887. The molecule has 9 heteroatoms. The maximum atomic E-state index is 12.8. The van der Waals surface area contributed by atoms with Crippen LogP contribution in [0.25, 0.3) is 4.85 Å². The number of carbonyl (C=O) groups is 2. The van der Waals surface area contributed by atoms with E-state index >= 15 is 0 Å². The fourth-order valence-electron chi connectivity index (χ4n) is 3.70. The number of aryl methyl sites for hydroxylation is 1. The summed E-state index contributed by atoms with van der Waals surface area (Å²) in [4.78, 5) is 30.1. The fraction of sp³-hybridized carbons (Fsp3) is 0.542. The summed E-state index contributed by atoms with van der Waals surface area (Å²) in [6, 6.07) is 7.58. The van der Waals surface area contributed by atoms with Gasteiger partial charge in [0.2, 0.25) is 5.70 Å². The highest BCUT2D eigenvalue weighted by molar-refractivity contribution is 6.43. The van der Waals surface area contributed by atoms with Crippen molar-refractivity contribution in [3.8, 4) is 0 Å². The number of nitrogens with zero attached hydrogens (tertiary/aromatic N) is 2. The molecule has 2 atom stereocenters. The molecule has 8 nitrogen and oxygen atoms in total. The van der Waals surface area contributed by atoms with E-state index in [4.69, 9.17) is 11.3 Å². The van der Waals surface area contributed by atoms with Crippen LogP contribution in [0.2, 0.25) is 0 Å². The normalized spacial score (nSPS) is 17.7. The molecule has 1 heterocycles. The van der Waals surface area contributed by atoms with Crippen molar-refractivity contribution in [2.24, 2.45) is 11.3 Å². The van der Waals surface area contributed by atoms with E-state index in [1.54, 1.807) is 11.0 Å². The van der Waals surface area contributed by atoms with E-state index in [1.165, 1.54) is 0 Å². The van der Waals surface area contributed by atoms with Crippen LogP contribution in [-0.4, -0.2) is 59.7 Å². The molecule has 2 rings (SSSR count). The predicted octanol–water partition coefficient (Wildman–Crippen LogP) is 2.73. The lowest BCUT2D eigenvalue weighted by molar-refractivity contribution is -0.128. The van der Waals surface area contributed by atoms with Crippen molar-refractivity contribution in [1.82, 2.24) is 10.2 Å². The average molecular weight is 455 g/mol. The minimum atomic E-state index is -1.73. The maximum Gasteiger partial charge on any atom is 0.475 e. The standard InChI is InChI=1S/C24H34BN3O5/c1-17-8-10-18(11-9-17)13-21(25(31)32)27-23(30)33-16-19-7-6-12-28(15-19)22(29)20(26-5)14-24(2,3)4/h8-11,14,19,21,31-32H,6-7,12-13,15-16H2,1-4H3,(H,27,30)/t19-,21-/m0/s1. The van der Waals surface area contributed by atoms with Crippen LogP contribution in [0.5, 0.6) is 0 Å². The molecule has 1 aromatic carbocycles. The van der Waals surface area contributed by atoms with Gasteiger partial charge in [-0.25, -0.2) is 9.64 Å². The number of amides is 2. The molecular formula is C24H34BN3O5. The molecule has 0 saturated carbocycles. The molecule has 178 valence electrons. The second-order valence-corrected chi connectivity index (χ2v) is 9.72. The van der Waals surface area contributed by atoms with Gasteiger partial charge in [0.25, 0.3) is 5.91 Å². The molecule has 1 aliphatic heterocycles. The van der Waals surface area contributed by atoms with E-state index in [0.29, 0.717) is 13.1 Å². The van der Waals surface area contributed by atoms with Gasteiger partial charge in [0.15, 0.2) is 0 Å². The predicted molar refractivity (Wildman–Crippen MR) is 127 cm³/mol. The van der Waals surface area contributed by atoms with Crippen LogP contribution in [0, 0.1) is 24.8 Å². The second kappa shape index (κ2) is 11.9. The maximum absolute atomic E-state index is 12.8. The minimum Gasteiger partial charge on any atom is -0.449 e. The summed E-state index contributed by atoms with van der Waals surface area (Å²) in [5, 5.41) is 21.8. The number of hydrogen-bond donors (Lipinski definition) is 3. The summed E-state index contributed by atoms with van der Waals surface area (Å²) >= 11 is 0. The summed E-state index contributed by atoms with van der Waals surface area (Å²) in [5.41, 5.74) is 1.78. The van der Waals surface area contributed by atoms with Gasteiger partial charge in [-0.2, -0.15) is 0 Å². The third-order valence-electron chi connectivity index (χ3n) is 5.40. The monoisotopic (exact) mass is 455 g/mol. The first kappa shape index (κ1) is 26.4. The van der Waals surface area contributed by atoms with Crippen molar-refractivity contribution in [2.45, 2.75) is 52.9 Å². The number of alkyl carbamates (subject to hydrolysis) is 1. The van der Waals surface area contributed by atoms with Crippen molar-refractivity contribution in [3.05, 3.63) is 58.6 Å². The van der Waals surface area contributed by atoms with E-state index in [1.807, 2.05) is 52.0 Å². The Kier molecular flexibility index (Phi) is 9.50. The van der Waals surface area contributed by atoms with Gasteiger partial charge < -0.3 is 25.0 Å². The lowest BCUT2D eigenvalue weighted by atomic mass is 9.76. The van der Waals surface area contributed by atoms with Crippen molar-refractivity contribution in [1.29, 1.82) is 0 Å². The van der Waals surface area contributed by atoms with Crippen LogP contribution < -0.4 is 5.32 Å². The molecule has 1 aliphatic rings. The van der Waals surface area contributed by atoms with Crippen LogP contribution in [0.3, 0.4) is 0 Å². The smallest absolute Gasteiger partial charge is 0.449 e. The number of nitrogens with one attached hydrogen (secondary N) is 1. The zero-order chi connectivity index (χ0) is 24.6. The number of piperidine rings is 1. The highest BCUT2D eigenvalue weighted by Crippen LogP contribution is 2.23. The molecule has 2 amide bonds. The van der Waals surface area contributed by atoms with Gasteiger partial charge in [-0.15, -0.1) is 0 Å². The molecule has 1 saturated heterocycles. The van der Waals surface area contributed by atoms with E-state index in [0.717, 1.165) is 24.0 Å². The van der Waals surface area contributed by atoms with Crippen LogP contribution in [0.1, 0.15) is 44.7 Å². The van der Waals surface area contributed by atoms with Gasteiger partial charge in [-0.05, 0) is 37.2 Å². The summed E-state index contributed by atoms with van der Waals surface area (Å²) in [7, 11) is -1.73. The Morgan fingerprint density at radius 2 is 2.00 bits per heavy atom. The molecule has 0 aliphatic carbocycles. The van der Waals surface area contributed by atoms with Gasteiger partial charge in [0.1, 0.15) is 0 Å². The molecule has 0 unspecified atom stereocenters. The van der Waals surface area contributed by atoms with Gasteiger partial charge in [0, 0.05) is 19.0 Å². The summed E-state index contributed by atoms with van der Waals surface area (Å²) < 4.78 is 5.33. The zero-order valence-electron chi connectivity index (χ0n) is 19.9. The van der Waals surface area contributed by atoms with Gasteiger partial charge in [-0.3, -0.25) is 4.79 Å². The number of allylic oxidation sites excluding steroid dienone is 1. The average Bonchev–Trinajstić information content (AvgIpc) is 2.76. The van der Waals surface area contributed by atoms with Crippen molar-refractivity contribution in [2.75, 3.05) is 19.7 Å². The Morgan fingerprint density at radius 1 is 1.33 bits per heavy atom. The molecule has 33 heavy (non-hydrogen) atoms. The van der Waals surface area contributed by atoms with Crippen molar-refractivity contribution >= 4 is 19.1 Å². The van der Waals surface area contributed by atoms with E-state index in [-0.39, 0.29) is 36.0 Å². The molecule has 1 fully saturated rings. The SMILES string of the molecule is [C-]#[N+]C(=CC(C)(C)C)C(=O)N1CCC[C@H](COC(=O)N[C@@H](Cc2ccc(C)cc2)B(O)O)C1. The molecule has 0 bridgehead atoms.